The van der Waals surface area contributed by atoms with Crippen LogP contribution in [0.1, 0.15) is 38.1 Å². The van der Waals surface area contributed by atoms with Crippen LogP contribution >= 0.6 is 0 Å². The van der Waals surface area contributed by atoms with E-state index in [1.807, 2.05) is 30.3 Å². The topological polar surface area (TPSA) is 80.5 Å². The van der Waals surface area contributed by atoms with Crippen molar-refractivity contribution in [1.82, 2.24) is 24.5 Å². The van der Waals surface area contributed by atoms with E-state index >= 15 is 0 Å². The van der Waals surface area contributed by atoms with Crippen molar-refractivity contribution in [3.63, 3.8) is 0 Å². The smallest absolute Gasteiger partial charge is 0.223 e. The number of aryl methyl sites for hydroxylation is 1. The molecule has 0 saturated carbocycles. The summed E-state index contributed by atoms with van der Waals surface area (Å²) in [7, 11) is 0. The van der Waals surface area contributed by atoms with Crippen LogP contribution in [0.2, 0.25) is 0 Å². The predicted molar refractivity (Wildman–Crippen MR) is 150 cm³/mol. The lowest BCUT2D eigenvalue weighted by Crippen LogP contribution is -2.17. The first-order chi connectivity index (χ1) is 18.7. The normalized spacial score (nSPS) is 14.5. The van der Waals surface area contributed by atoms with E-state index in [9.17, 15) is 4.39 Å². The number of hydrogen-bond donors (Lipinski definition) is 2. The number of hydrogen-bond acceptors (Lipinski definition) is 6. The number of aromatic nitrogens is 5. The van der Waals surface area contributed by atoms with Crippen LogP contribution in [-0.2, 0) is 6.42 Å². The third-order valence-electron chi connectivity index (χ3n) is 7.00. The zero-order chi connectivity index (χ0) is 25.9. The minimum absolute atomic E-state index is 0.168. The average Bonchev–Trinajstić information content (AvgIpc) is 3.52. The van der Waals surface area contributed by atoms with E-state index in [-0.39, 0.29) is 11.9 Å². The molecule has 7 nitrogen and oxygen atoms in total. The number of unbranched alkanes of at least 4 members (excludes halogenated alkanes) is 1. The van der Waals surface area contributed by atoms with E-state index in [1.165, 1.54) is 12.1 Å². The lowest BCUT2D eigenvalue weighted by Gasteiger charge is -2.19. The maximum atomic E-state index is 13.7. The summed E-state index contributed by atoms with van der Waals surface area (Å²) in [6.07, 6.45) is 5.75. The lowest BCUT2D eigenvalue weighted by molar-refractivity contribution is 0.558. The zero-order valence-corrected chi connectivity index (χ0v) is 21.4. The first kappa shape index (κ1) is 24.0. The molecule has 6 rings (SSSR count). The van der Waals surface area contributed by atoms with Gasteiger partial charge in [-0.1, -0.05) is 31.5 Å². The third-order valence-corrected chi connectivity index (χ3v) is 7.00. The number of halogens is 1. The van der Waals surface area contributed by atoms with Crippen LogP contribution in [-0.4, -0.2) is 37.6 Å². The molecule has 2 aromatic carbocycles. The van der Waals surface area contributed by atoms with Gasteiger partial charge in [-0.05, 0) is 61.4 Å². The molecular weight excluding hydrogens is 477 g/mol. The van der Waals surface area contributed by atoms with E-state index in [0.29, 0.717) is 12.5 Å². The number of nitrogens with one attached hydrogen (secondary N) is 2. The number of nitrogens with zero attached hydrogens (tertiary/aromatic N) is 5. The molecule has 5 aromatic rings. The SMILES string of the molecule is CCCCNc1nccc(-c2c(-c3ccc(F)cc3)nc3n2C(CNc2ccc4ccccc4n2)CC3)n1. The van der Waals surface area contributed by atoms with Gasteiger partial charge in [0.25, 0.3) is 0 Å². The molecule has 38 heavy (non-hydrogen) atoms. The Morgan fingerprint density at radius 2 is 1.82 bits per heavy atom. The van der Waals surface area contributed by atoms with Crippen molar-refractivity contribution in [3.8, 4) is 22.6 Å². The zero-order valence-electron chi connectivity index (χ0n) is 21.4. The largest absolute Gasteiger partial charge is 0.368 e. The minimum Gasteiger partial charge on any atom is -0.368 e. The molecule has 0 spiro atoms. The van der Waals surface area contributed by atoms with E-state index in [1.54, 1.807) is 18.3 Å². The summed E-state index contributed by atoms with van der Waals surface area (Å²) in [6.45, 7) is 3.68. The van der Waals surface area contributed by atoms with Crippen LogP contribution in [0.3, 0.4) is 0 Å². The molecule has 8 heteroatoms. The second-order valence-electron chi connectivity index (χ2n) is 9.61. The number of para-hydroxylation sites is 1. The minimum atomic E-state index is -0.267. The summed E-state index contributed by atoms with van der Waals surface area (Å²) < 4.78 is 16.0. The van der Waals surface area contributed by atoms with Crippen LogP contribution in [0.15, 0.2) is 72.9 Å². The molecule has 192 valence electrons. The van der Waals surface area contributed by atoms with Gasteiger partial charge in [0.1, 0.15) is 17.5 Å². The van der Waals surface area contributed by atoms with Gasteiger partial charge in [-0.25, -0.2) is 24.3 Å². The summed E-state index contributed by atoms with van der Waals surface area (Å²) in [4.78, 5) is 19.1. The Kier molecular flexibility index (Phi) is 6.69. The second kappa shape index (κ2) is 10.6. The van der Waals surface area contributed by atoms with E-state index in [0.717, 1.165) is 77.4 Å². The highest BCUT2D eigenvalue weighted by Crippen LogP contribution is 2.39. The summed E-state index contributed by atoms with van der Waals surface area (Å²) in [5.74, 6) is 2.19. The fourth-order valence-electron chi connectivity index (χ4n) is 5.06. The highest BCUT2D eigenvalue weighted by atomic mass is 19.1. The molecule has 4 heterocycles. The number of fused-ring (bicyclic) bond motifs is 2. The van der Waals surface area contributed by atoms with Crippen molar-refractivity contribution >= 4 is 22.7 Å². The molecule has 0 aliphatic carbocycles. The van der Waals surface area contributed by atoms with Crippen LogP contribution < -0.4 is 10.6 Å². The molecule has 2 N–H and O–H groups in total. The quantitative estimate of drug-likeness (QED) is 0.222. The highest BCUT2D eigenvalue weighted by molar-refractivity contribution is 5.80. The summed E-state index contributed by atoms with van der Waals surface area (Å²) in [6, 6.07) is 20.8. The van der Waals surface area contributed by atoms with Gasteiger partial charge in [0.05, 0.1) is 28.6 Å². The fourth-order valence-corrected chi connectivity index (χ4v) is 5.06. The molecule has 3 aromatic heterocycles. The molecular formula is C30H30FN7. The van der Waals surface area contributed by atoms with Crippen molar-refractivity contribution in [2.75, 3.05) is 23.7 Å². The Balaban J connectivity index is 1.35. The van der Waals surface area contributed by atoms with Gasteiger partial charge in [-0.2, -0.15) is 0 Å². The molecule has 0 bridgehead atoms. The Hall–Kier alpha value is -4.33. The van der Waals surface area contributed by atoms with Crippen molar-refractivity contribution in [2.45, 2.75) is 38.6 Å². The van der Waals surface area contributed by atoms with Crippen molar-refractivity contribution < 1.29 is 4.39 Å². The molecule has 1 atom stereocenters. The van der Waals surface area contributed by atoms with Gasteiger partial charge in [0.15, 0.2) is 0 Å². The van der Waals surface area contributed by atoms with Gasteiger partial charge in [0, 0.05) is 36.7 Å². The Morgan fingerprint density at radius 1 is 0.947 bits per heavy atom. The van der Waals surface area contributed by atoms with Crippen LogP contribution in [0.25, 0.3) is 33.5 Å². The summed E-state index contributed by atoms with van der Waals surface area (Å²) in [5.41, 5.74) is 4.38. The maximum Gasteiger partial charge on any atom is 0.223 e. The molecule has 0 saturated heterocycles. The van der Waals surface area contributed by atoms with Gasteiger partial charge in [-0.3, -0.25) is 0 Å². The fraction of sp³-hybridized carbons (Fsp3) is 0.267. The standard InChI is InChI=1S/C30H30FN7/c1-2-3-17-32-30-33-18-16-25(36-30)29-28(21-8-11-22(31)12-9-21)37-27-15-13-23(38(27)29)19-34-26-14-10-20-6-4-5-7-24(20)35-26/h4-12,14,16,18,23H,2-3,13,15,17,19H2,1H3,(H,34,35)(H,32,33,36). The first-order valence-electron chi connectivity index (χ1n) is 13.2. The van der Waals surface area contributed by atoms with Crippen molar-refractivity contribution in [3.05, 3.63) is 84.6 Å². The Bertz CT molecular complexity index is 1560. The highest BCUT2D eigenvalue weighted by Gasteiger charge is 2.31. The van der Waals surface area contributed by atoms with Crippen molar-refractivity contribution in [1.29, 1.82) is 0 Å². The Labute approximate surface area is 221 Å². The van der Waals surface area contributed by atoms with Gasteiger partial charge < -0.3 is 15.2 Å². The number of benzene rings is 2. The number of pyridine rings is 1. The van der Waals surface area contributed by atoms with Crippen LogP contribution in [0, 0.1) is 5.82 Å². The molecule has 1 unspecified atom stereocenters. The third kappa shape index (κ3) is 4.81. The molecule has 0 radical (unpaired) electrons. The average molecular weight is 508 g/mol. The number of anilines is 2. The van der Waals surface area contributed by atoms with Crippen molar-refractivity contribution in [2.24, 2.45) is 0 Å². The summed E-state index contributed by atoms with van der Waals surface area (Å²) >= 11 is 0. The second-order valence-corrected chi connectivity index (χ2v) is 9.61. The van der Waals surface area contributed by atoms with E-state index in [2.05, 4.69) is 39.2 Å². The molecule has 0 amide bonds. The van der Waals surface area contributed by atoms with E-state index < -0.39 is 0 Å². The predicted octanol–water partition coefficient (Wildman–Crippen LogP) is 6.51. The monoisotopic (exact) mass is 507 g/mol. The first-order valence-corrected chi connectivity index (χ1v) is 13.2. The van der Waals surface area contributed by atoms with Gasteiger partial charge in [-0.15, -0.1) is 0 Å². The summed E-state index contributed by atoms with van der Waals surface area (Å²) in [5, 5.41) is 8.00. The Morgan fingerprint density at radius 3 is 2.68 bits per heavy atom. The molecule has 0 fully saturated rings. The molecule has 1 aliphatic heterocycles. The maximum absolute atomic E-state index is 13.7. The van der Waals surface area contributed by atoms with Crippen LogP contribution in [0.4, 0.5) is 16.2 Å². The van der Waals surface area contributed by atoms with Crippen LogP contribution in [0.5, 0.6) is 0 Å². The lowest BCUT2D eigenvalue weighted by atomic mass is 10.1. The van der Waals surface area contributed by atoms with Gasteiger partial charge in [0.2, 0.25) is 5.95 Å². The van der Waals surface area contributed by atoms with E-state index in [4.69, 9.17) is 15.0 Å². The molecule has 1 aliphatic rings. The van der Waals surface area contributed by atoms with Gasteiger partial charge >= 0.3 is 0 Å². The number of imidazole rings is 1. The number of rotatable bonds is 9.